The van der Waals surface area contributed by atoms with Crippen molar-refractivity contribution in [2.24, 2.45) is 10.8 Å². The highest BCUT2D eigenvalue weighted by Crippen LogP contribution is 2.28. The maximum absolute atomic E-state index is 10.9. The molecule has 102 valence electrons. The summed E-state index contributed by atoms with van der Waals surface area (Å²) in [5, 5.41) is 47.8. The predicted octanol–water partition coefficient (Wildman–Crippen LogP) is 0.566. The van der Waals surface area contributed by atoms with E-state index < -0.39 is 22.2 Å². The zero-order chi connectivity index (χ0) is 16.0. The van der Waals surface area contributed by atoms with E-state index in [1.165, 1.54) is 6.07 Å². The SMILES string of the molecule is N#C/C(=N\Nc1cc(C#N)c(C#N)cc1[N+](=O)[O-])C(=N)N. The standard InChI is InChI=1S/C11H6N8O2/c12-3-6-1-8(17-18-9(5-14)11(15)16)10(19(20)21)2-7(6)4-13/h1-2,17H,(H3,15,16)/b18-9+. The van der Waals surface area contributed by atoms with Crippen molar-refractivity contribution in [2.45, 2.75) is 0 Å². The summed E-state index contributed by atoms with van der Waals surface area (Å²) in [6, 6.07) is 6.86. The third kappa shape index (κ3) is 3.28. The largest absolute Gasteiger partial charge is 0.382 e. The molecule has 0 radical (unpaired) electrons. The zero-order valence-corrected chi connectivity index (χ0v) is 10.3. The summed E-state index contributed by atoms with van der Waals surface area (Å²) in [5.41, 5.74) is 5.82. The van der Waals surface area contributed by atoms with Crippen LogP contribution in [0.25, 0.3) is 0 Å². The third-order valence-corrected chi connectivity index (χ3v) is 2.22. The van der Waals surface area contributed by atoms with Gasteiger partial charge in [-0.05, 0) is 6.07 Å². The van der Waals surface area contributed by atoms with Gasteiger partial charge < -0.3 is 5.73 Å². The van der Waals surface area contributed by atoms with E-state index in [2.05, 4.69) is 10.5 Å². The van der Waals surface area contributed by atoms with Crippen LogP contribution in [0.4, 0.5) is 11.4 Å². The second kappa shape index (κ2) is 6.27. The molecule has 0 aliphatic heterocycles. The van der Waals surface area contributed by atoms with Crippen LogP contribution in [0, 0.1) is 49.5 Å². The summed E-state index contributed by atoms with van der Waals surface area (Å²) in [7, 11) is 0. The molecule has 0 amide bonds. The molecule has 0 bridgehead atoms. The minimum atomic E-state index is -0.778. The van der Waals surface area contributed by atoms with Crippen molar-refractivity contribution in [1.82, 2.24) is 0 Å². The van der Waals surface area contributed by atoms with E-state index in [1.807, 2.05) is 0 Å². The molecule has 4 N–H and O–H groups in total. The fourth-order valence-electron chi connectivity index (χ4n) is 1.28. The Hall–Kier alpha value is -3.97. The van der Waals surface area contributed by atoms with Crippen LogP contribution < -0.4 is 11.2 Å². The van der Waals surface area contributed by atoms with Crippen molar-refractivity contribution in [2.75, 3.05) is 5.43 Å². The van der Waals surface area contributed by atoms with Crippen molar-refractivity contribution in [3.63, 3.8) is 0 Å². The number of anilines is 1. The van der Waals surface area contributed by atoms with Gasteiger partial charge in [0.05, 0.1) is 16.1 Å². The number of rotatable bonds is 4. The van der Waals surface area contributed by atoms with Gasteiger partial charge in [-0.3, -0.25) is 20.9 Å². The molecule has 10 heteroatoms. The Morgan fingerprint density at radius 3 is 2.33 bits per heavy atom. The molecular formula is C11H6N8O2. The fourth-order valence-corrected chi connectivity index (χ4v) is 1.28. The van der Waals surface area contributed by atoms with Crippen LogP contribution in [0.2, 0.25) is 0 Å². The Morgan fingerprint density at radius 2 is 1.90 bits per heavy atom. The van der Waals surface area contributed by atoms with Gasteiger partial charge in [-0.2, -0.15) is 20.9 Å². The minimum Gasteiger partial charge on any atom is -0.382 e. The van der Waals surface area contributed by atoms with E-state index in [0.717, 1.165) is 12.1 Å². The smallest absolute Gasteiger partial charge is 0.295 e. The fraction of sp³-hybridized carbons (Fsp3) is 0. The summed E-state index contributed by atoms with van der Waals surface area (Å²) in [6.45, 7) is 0. The van der Waals surface area contributed by atoms with Crippen molar-refractivity contribution < 1.29 is 4.92 Å². The van der Waals surface area contributed by atoms with Crippen LogP contribution in [0.3, 0.4) is 0 Å². The molecule has 1 aromatic rings. The van der Waals surface area contributed by atoms with Gasteiger partial charge in [0.2, 0.25) is 5.71 Å². The Bertz CT molecular complexity index is 775. The summed E-state index contributed by atoms with van der Waals surface area (Å²) < 4.78 is 0. The van der Waals surface area contributed by atoms with Gasteiger partial charge in [-0.25, -0.2) is 0 Å². The molecule has 1 aromatic carbocycles. The second-order valence-corrected chi connectivity index (χ2v) is 3.49. The first-order valence-corrected chi connectivity index (χ1v) is 5.15. The van der Waals surface area contributed by atoms with Gasteiger partial charge in [-0.15, -0.1) is 0 Å². The predicted molar refractivity (Wildman–Crippen MR) is 71.1 cm³/mol. The minimum absolute atomic E-state index is 0.0952. The molecule has 1 rings (SSSR count). The van der Waals surface area contributed by atoms with Crippen LogP contribution in [-0.4, -0.2) is 16.5 Å². The van der Waals surface area contributed by atoms with Crippen LogP contribution >= 0.6 is 0 Å². The monoisotopic (exact) mass is 282 g/mol. The Balaban J connectivity index is 3.40. The lowest BCUT2D eigenvalue weighted by Gasteiger charge is -2.04. The lowest BCUT2D eigenvalue weighted by molar-refractivity contribution is -0.384. The first-order chi connectivity index (χ1) is 9.94. The number of nitriles is 3. The average Bonchev–Trinajstić information content (AvgIpc) is 2.46. The van der Waals surface area contributed by atoms with Crippen molar-refractivity contribution in [3.05, 3.63) is 33.4 Å². The number of nitro benzene ring substituents is 1. The lowest BCUT2D eigenvalue weighted by atomic mass is 10.1. The van der Waals surface area contributed by atoms with Crippen LogP contribution in [-0.2, 0) is 0 Å². The zero-order valence-electron chi connectivity index (χ0n) is 10.3. The number of hydrazone groups is 1. The molecule has 0 atom stereocenters. The number of benzene rings is 1. The Labute approximate surface area is 118 Å². The number of nitrogens with two attached hydrogens (primary N) is 1. The van der Waals surface area contributed by atoms with Gasteiger partial charge in [0.25, 0.3) is 5.69 Å². The van der Waals surface area contributed by atoms with Crippen LogP contribution in [0.5, 0.6) is 0 Å². The molecule has 10 nitrogen and oxygen atoms in total. The average molecular weight is 282 g/mol. The van der Waals surface area contributed by atoms with Gasteiger partial charge in [0, 0.05) is 6.07 Å². The van der Waals surface area contributed by atoms with Gasteiger partial charge >= 0.3 is 0 Å². The molecule has 0 unspecified atom stereocenters. The Kier molecular flexibility index (Phi) is 4.51. The number of hydrogen-bond acceptors (Lipinski definition) is 8. The van der Waals surface area contributed by atoms with E-state index in [1.54, 1.807) is 12.1 Å². The van der Waals surface area contributed by atoms with E-state index in [9.17, 15) is 10.1 Å². The highest BCUT2D eigenvalue weighted by molar-refractivity contribution is 6.45. The maximum atomic E-state index is 10.9. The molecule has 0 saturated carbocycles. The number of amidine groups is 1. The third-order valence-electron chi connectivity index (χ3n) is 2.22. The van der Waals surface area contributed by atoms with Gasteiger partial charge in [0.1, 0.15) is 23.9 Å². The summed E-state index contributed by atoms with van der Waals surface area (Å²) >= 11 is 0. The molecule has 0 aromatic heterocycles. The maximum Gasteiger partial charge on any atom is 0.295 e. The molecule has 0 aliphatic rings. The van der Waals surface area contributed by atoms with E-state index >= 15 is 0 Å². The highest BCUT2D eigenvalue weighted by atomic mass is 16.6. The van der Waals surface area contributed by atoms with E-state index in [4.69, 9.17) is 26.9 Å². The summed E-state index contributed by atoms with van der Waals surface area (Å²) in [4.78, 5) is 10.2. The number of nitrogens with one attached hydrogen (secondary N) is 2. The van der Waals surface area contributed by atoms with Gasteiger partial charge in [-0.1, -0.05) is 0 Å². The molecular weight excluding hydrogens is 276 g/mol. The molecule has 0 aliphatic carbocycles. The number of hydrogen-bond donors (Lipinski definition) is 3. The molecule has 0 heterocycles. The first-order valence-electron chi connectivity index (χ1n) is 5.15. The topological polar surface area (TPSA) is 189 Å². The highest BCUT2D eigenvalue weighted by Gasteiger charge is 2.18. The number of nitrogens with zero attached hydrogens (tertiary/aromatic N) is 5. The molecule has 21 heavy (non-hydrogen) atoms. The first kappa shape index (κ1) is 15.1. The van der Waals surface area contributed by atoms with Crippen molar-refractivity contribution >= 4 is 22.9 Å². The van der Waals surface area contributed by atoms with Crippen molar-refractivity contribution in [3.8, 4) is 18.2 Å². The normalized spacial score (nSPS) is 9.86. The van der Waals surface area contributed by atoms with E-state index in [0.29, 0.717) is 0 Å². The van der Waals surface area contributed by atoms with Crippen molar-refractivity contribution in [1.29, 1.82) is 21.2 Å². The van der Waals surface area contributed by atoms with Crippen LogP contribution in [0.15, 0.2) is 17.2 Å². The quantitative estimate of drug-likeness (QED) is 0.311. The second-order valence-electron chi connectivity index (χ2n) is 3.49. The number of nitro groups is 1. The summed E-state index contributed by atoms with van der Waals surface area (Å²) in [5.74, 6) is -0.623. The summed E-state index contributed by atoms with van der Waals surface area (Å²) in [6.07, 6.45) is 0. The van der Waals surface area contributed by atoms with Gasteiger partial charge in [0.15, 0.2) is 5.84 Å². The molecule has 0 saturated heterocycles. The lowest BCUT2D eigenvalue weighted by Crippen LogP contribution is -2.22. The van der Waals surface area contributed by atoms with E-state index in [-0.39, 0.29) is 16.8 Å². The van der Waals surface area contributed by atoms with Crippen LogP contribution in [0.1, 0.15) is 11.1 Å². The Morgan fingerprint density at radius 1 is 1.33 bits per heavy atom. The molecule has 0 spiro atoms. The molecule has 0 fully saturated rings.